The summed E-state index contributed by atoms with van der Waals surface area (Å²) >= 11 is 4.01. The van der Waals surface area contributed by atoms with Crippen molar-refractivity contribution in [3.05, 3.63) is 95.8 Å². The van der Waals surface area contributed by atoms with Gasteiger partial charge in [0, 0.05) is 86.5 Å². The molecule has 2 N–H and O–H groups in total. The van der Waals surface area contributed by atoms with Crippen LogP contribution < -0.4 is 5.32 Å². The molecule has 0 saturated carbocycles. The lowest BCUT2D eigenvalue weighted by Gasteiger charge is -2.42. The van der Waals surface area contributed by atoms with Gasteiger partial charge < -0.3 is 29.5 Å². The molecule has 0 spiro atoms. The Hall–Kier alpha value is -5.51. The zero-order valence-electron chi connectivity index (χ0n) is 36.8. The lowest BCUT2D eigenvalue weighted by atomic mass is 9.82. The lowest BCUT2D eigenvalue weighted by Crippen LogP contribution is -2.46. The van der Waals surface area contributed by atoms with Gasteiger partial charge in [-0.25, -0.2) is 18.4 Å². The highest BCUT2D eigenvalue weighted by Gasteiger charge is 2.41. The van der Waals surface area contributed by atoms with E-state index in [4.69, 9.17) is 4.74 Å². The van der Waals surface area contributed by atoms with Gasteiger partial charge in [0.05, 0.1) is 6.04 Å². The van der Waals surface area contributed by atoms with Crippen molar-refractivity contribution in [2.45, 2.75) is 97.9 Å². The number of carbonyl (C=O) groups excluding carboxylic acids is 5. The monoisotopic (exact) mass is 891 g/mol. The maximum absolute atomic E-state index is 15.5. The molecule has 0 aliphatic carbocycles. The first-order valence-corrected chi connectivity index (χ1v) is 21.9. The van der Waals surface area contributed by atoms with Crippen LogP contribution in [0.25, 0.3) is 11.1 Å². The molecule has 0 bridgehead atoms. The third-order valence-electron chi connectivity index (χ3n) is 11.1. The minimum atomic E-state index is -1.23. The number of carbonyl (C=O) groups is 6. The molecule has 5 rings (SSSR count). The Kier molecular flexibility index (Phi) is 16.0. The maximum atomic E-state index is 15.5. The third kappa shape index (κ3) is 13.3. The number of benzene rings is 2. The van der Waals surface area contributed by atoms with E-state index in [0.717, 1.165) is 40.8 Å². The number of nitrogens with zero attached hydrogens (tertiary/aromatic N) is 4. The second kappa shape index (κ2) is 20.8. The van der Waals surface area contributed by atoms with E-state index in [-0.39, 0.29) is 61.9 Å². The van der Waals surface area contributed by atoms with Crippen molar-refractivity contribution in [1.29, 1.82) is 0 Å². The summed E-state index contributed by atoms with van der Waals surface area (Å²) in [7, 11) is 0. The predicted molar refractivity (Wildman–Crippen MR) is 236 cm³/mol. The second-order valence-electron chi connectivity index (χ2n) is 18.5. The highest BCUT2D eigenvalue weighted by atomic mass is 32.1. The highest BCUT2D eigenvalue weighted by Crippen LogP contribution is 2.43. The summed E-state index contributed by atoms with van der Waals surface area (Å²) in [5.41, 5.74) is 0.645. The first-order chi connectivity index (χ1) is 29.6. The van der Waals surface area contributed by atoms with Gasteiger partial charge in [-0.1, -0.05) is 51.1 Å². The molecular formula is C47H59F2N5O8S. The largest absolute Gasteiger partial charge is 0.480 e. The van der Waals surface area contributed by atoms with Crippen LogP contribution in [0.2, 0.25) is 0 Å². The van der Waals surface area contributed by atoms with E-state index in [0.29, 0.717) is 37.3 Å². The molecule has 2 aliphatic heterocycles. The number of ether oxygens (including phenoxy) is 1. The standard InChI is InChI=1S/C47H59F2N5O8S/c1-46(2,3)43(38-22-33(35-23-34(48)15-16-36(35)49)28-52(38)24-30-11-8-7-9-12-30)54(27-32-19-20-51(25-32)45(61)62-47(4,5)6)42(58)21-31(26-53-40(56)17-18-41(53)57)13-10-14-39(55)50-37(29-63)44(59)60/h7-9,11-12,15-18,22-23,28,31-32,37,43,63H,10,13-14,19-21,24-27,29H2,1-6H3,(H,50,55)(H,59,60)/t31?,32?,37-,43-/m0/s1. The van der Waals surface area contributed by atoms with Crippen LogP contribution in [0.4, 0.5) is 13.6 Å². The topological polar surface area (TPSA) is 159 Å². The fourth-order valence-corrected chi connectivity index (χ4v) is 8.46. The number of thiol groups is 1. The molecule has 340 valence electrons. The Morgan fingerprint density at radius 3 is 2.29 bits per heavy atom. The number of imide groups is 1. The van der Waals surface area contributed by atoms with E-state index in [9.17, 15) is 33.5 Å². The number of carboxylic acid groups (broad SMARTS) is 1. The van der Waals surface area contributed by atoms with E-state index in [1.54, 1.807) is 42.8 Å². The summed E-state index contributed by atoms with van der Waals surface area (Å²) in [5.74, 6) is -5.26. The molecule has 3 aromatic rings. The van der Waals surface area contributed by atoms with Crippen LogP contribution in [0.5, 0.6) is 0 Å². The average Bonchev–Trinajstić information content (AvgIpc) is 3.92. The van der Waals surface area contributed by atoms with Gasteiger partial charge in [-0.15, -0.1) is 0 Å². The first-order valence-electron chi connectivity index (χ1n) is 21.3. The molecule has 4 atom stereocenters. The SMILES string of the molecule is CC(C)(C)OC(=O)N1CCC(CN(C(=O)CC(CCCC(=O)N[C@@H](CS)C(=O)O)CN2C(=O)C=CC2=O)[C@@H](c2cc(-c3cc(F)ccc3F)cn2Cc2ccccc2)C(C)(C)C)C1. The summed E-state index contributed by atoms with van der Waals surface area (Å²) in [6, 6.07) is 12.8. The summed E-state index contributed by atoms with van der Waals surface area (Å²) in [5, 5.41) is 11.8. The number of aliphatic carboxylic acids is 1. The molecule has 1 fully saturated rings. The quantitative estimate of drug-likeness (QED) is 0.0890. The Bertz CT molecular complexity index is 2160. The molecule has 13 nitrogen and oxygen atoms in total. The van der Waals surface area contributed by atoms with E-state index >= 15 is 9.18 Å². The summed E-state index contributed by atoms with van der Waals surface area (Å²) in [4.78, 5) is 82.9. The third-order valence-corrected chi connectivity index (χ3v) is 11.5. The van der Waals surface area contributed by atoms with Crippen molar-refractivity contribution in [2.75, 3.05) is 31.9 Å². The van der Waals surface area contributed by atoms with Crippen LogP contribution in [0.3, 0.4) is 0 Å². The Morgan fingerprint density at radius 1 is 0.984 bits per heavy atom. The molecule has 63 heavy (non-hydrogen) atoms. The van der Waals surface area contributed by atoms with Gasteiger partial charge in [0.15, 0.2) is 0 Å². The molecule has 0 radical (unpaired) electrons. The van der Waals surface area contributed by atoms with Crippen molar-refractivity contribution in [3.63, 3.8) is 0 Å². The average molecular weight is 892 g/mol. The minimum Gasteiger partial charge on any atom is -0.480 e. The minimum absolute atomic E-state index is 0.0547. The van der Waals surface area contributed by atoms with Crippen LogP contribution in [-0.4, -0.2) is 104 Å². The molecule has 1 saturated heterocycles. The van der Waals surface area contributed by atoms with Crippen molar-refractivity contribution in [1.82, 2.24) is 24.6 Å². The Morgan fingerprint density at radius 2 is 1.67 bits per heavy atom. The first kappa shape index (κ1) is 48.5. The Balaban J connectivity index is 1.56. The second-order valence-corrected chi connectivity index (χ2v) is 18.9. The summed E-state index contributed by atoms with van der Waals surface area (Å²) in [6.45, 7) is 12.5. The normalized spacial score (nSPS) is 16.9. The van der Waals surface area contributed by atoms with Gasteiger partial charge in [-0.05, 0) is 87.1 Å². The molecule has 1 aromatic heterocycles. The fraction of sp³-hybridized carbons (Fsp3) is 0.489. The Labute approximate surface area is 373 Å². The van der Waals surface area contributed by atoms with Crippen LogP contribution >= 0.6 is 12.6 Å². The molecule has 2 unspecified atom stereocenters. The van der Waals surface area contributed by atoms with Gasteiger partial charge in [0.25, 0.3) is 11.8 Å². The van der Waals surface area contributed by atoms with Gasteiger partial charge in [-0.3, -0.25) is 24.1 Å². The maximum Gasteiger partial charge on any atom is 0.410 e. The lowest BCUT2D eigenvalue weighted by molar-refractivity contribution is -0.142. The van der Waals surface area contributed by atoms with E-state index in [1.807, 2.05) is 55.7 Å². The van der Waals surface area contributed by atoms with Crippen molar-refractivity contribution in [3.8, 4) is 11.1 Å². The molecule has 16 heteroatoms. The van der Waals surface area contributed by atoms with E-state index in [2.05, 4.69) is 17.9 Å². The van der Waals surface area contributed by atoms with E-state index < -0.39 is 70.4 Å². The van der Waals surface area contributed by atoms with Crippen molar-refractivity contribution in [2.24, 2.45) is 17.3 Å². The van der Waals surface area contributed by atoms with Crippen LogP contribution in [0.1, 0.15) is 90.9 Å². The smallest absolute Gasteiger partial charge is 0.410 e. The molecule has 5 amide bonds. The fourth-order valence-electron chi connectivity index (χ4n) is 8.21. The number of halogens is 2. The van der Waals surface area contributed by atoms with Gasteiger partial charge >= 0.3 is 12.1 Å². The number of amides is 5. The zero-order chi connectivity index (χ0) is 46.2. The molecule has 2 aliphatic rings. The molecular weight excluding hydrogens is 833 g/mol. The van der Waals surface area contributed by atoms with Crippen LogP contribution in [0, 0.1) is 28.9 Å². The summed E-state index contributed by atoms with van der Waals surface area (Å²) < 4.78 is 37.8. The van der Waals surface area contributed by atoms with Gasteiger partial charge in [0.2, 0.25) is 11.8 Å². The number of carboxylic acids is 1. The number of hydrogen-bond donors (Lipinski definition) is 3. The number of likely N-dealkylation sites (tertiary alicyclic amines) is 1. The number of hydrogen-bond acceptors (Lipinski definition) is 8. The highest BCUT2D eigenvalue weighted by molar-refractivity contribution is 7.80. The molecule has 3 heterocycles. The molecule has 2 aromatic carbocycles. The van der Waals surface area contributed by atoms with Crippen molar-refractivity contribution >= 4 is 48.3 Å². The number of nitrogens with one attached hydrogen (secondary N) is 1. The number of aromatic nitrogens is 1. The van der Waals surface area contributed by atoms with Gasteiger partial charge in [-0.2, -0.15) is 12.6 Å². The van der Waals surface area contributed by atoms with E-state index in [1.165, 1.54) is 0 Å². The van der Waals surface area contributed by atoms with Gasteiger partial charge in [0.1, 0.15) is 23.3 Å². The predicted octanol–water partition coefficient (Wildman–Crippen LogP) is 7.26. The van der Waals surface area contributed by atoms with Crippen molar-refractivity contribution < 1.29 is 47.4 Å². The zero-order valence-corrected chi connectivity index (χ0v) is 37.7. The van der Waals surface area contributed by atoms with Crippen LogP contribution in [-0.2, 0) is 35.3 Å². The van der Waals surface area contributed by atoms with Crippen LogP contribution in [0.15, 0.2) is 72.9 Å². The summed E-state index contributed by atoms with van der Waals surface area (Å²) in [6.07, 6.45) is 4.41. The number of rotatable bonds is 18.